The molecular formula is C9H12BrN3S. The van der Waals surface area contributed by atoms with Crippen LogP contribution in [-0.2, 0) is 6.54 Å². The fraction of sp³-hybridized carbons (Fsp3) is 0.444. The summed E-state index contributed by atoms with van der Waals surface area (Å²) in [6.45, 7) is 3.83. The smallest absolute Gasteiger partial charge is 0.191 e. The predicted octanol–water partition coefficient (Wildman–Crippen LogP) is 1.95. The molecule has 2 heterocycles. The Morgan fingerprint density at radius 3 is 3.21 bits per heavy atom. The summed E-state index contributed by atoms with van der Waals surface area (Å²) in [7, 11) is 0. The van der Waals surface area contributed by atoms with Crippen molar-refractivity contribution in [3.63, 3.8) is 0 Å². The lowest BCUT2D eigenvalue weighted by atomic mass is 10.3. The second-order valence-corrected chi connectivity index (χ2v) is 5.64. The van der Waals surface area contributed by atoms with Crippen LogP contribution in [0.2, 0.25) is 0 Å². The summed E-state index contributed by atoms with van der Waals surface area (Å²) >= 11 is 5.14. The molecule has 5 heteroatoms. The fourth-order valence-electron chi connectivity index (χ4n) is 1.28. The molecule has 0 fully saturated rings. The Morgan fingerprint density at radius 1 is 1.79 bits per heavy atom. The zero-order valence-electron chi connectivity index (χ0n) is 7.88. The van der Waals surface area contributed by atoms with E-state index < -0.39 is 0 Å². The van der Waals surface area contributed by atoms with Gasteiger partial charge in [0.15, 0.2) is 5.96 Å². The van der Waals surface area contributed by atoms with Gasteiger partial charge in [0.25, 0.3) is 0 Å². The Labute approximate surface area is 95.8 Å². The molecule has 0 aliphatic carbocycles. The number of aliphatic imine (C=N–C) groups is 1. The average Bonchev–Trinajstić information content (AvgIpc) is 2.72. The Bertz CT molecular complexity index is 348. The Kier molecular flexibility index (Phi) is 3.08. The highest BCUT2D eigenvalue weighted by Crippen LogP contribution is 2.20. The van der Waals surface area contributed by atoms with Crippen molar-refractivity contribution in [2.75, 3.05) is 6.54 Å². The van der Waals surface area contributed by atoms with Crippen LogP contribution >= 0.6 is 27.3 Å². The van der Waals surface area contributed by atoms with Gasteiger partial charge in [-0.25, -0.2) is 0 Å². The van der Waals surface area contributed by atoms with Gasteiger partial charge in [-0.2, -0.15) is 0 Å². The minimum absolute atomic E-state index is 0.465. The minimum atomic E-state index is 0.465. The van der Waals surface area contributed by atoms with Crippen molar-refractivity contribution >= 4 is 33.2 Å². The van der Waals surface area contributed by atoms with E-state index in [9.17, 15) is 0 Å². The molecule has 14 heavy (non-hydrogen) atoms. The van der Waals surface area contributed by atoms with Gasteiger partial charge < -0.3 is 10.6 Å². The van der Waals surface area contributed by atoms with Crippen LogP contribution in [0.25, 0.3) is 0 Å². The fourth-order valence-corrected chi connectivity index (χ4v) is 2.49. The average molecular weight is 274 g/mol. The van der Waals surface area contributed by atoms with Crippen molar-refractivity contribution in [3.05, 3.63) is 20.8 Å². The molecular weight excluding hydrogens is 262 g/mol. The van der Waals surface area contributed by atoms with Crippen LogP contribution in [0.1, 0.15) is 12.5 Å². The molecule has 3 nitrogen and oxygen atoms in total. The number of rotatable bonds is 2. The molecule has 0 spiro atoms. The van der Waals surface area contributed by atoms with E-state index >= 15 is 0 Å². The largest absolute Gasteiger partial charge is 0.352 e. The second kappa shape index (κ2) is 4.31. The number of hydrogen-bond donors (Lipinski definition) is 2. The molecule has 1 aliphatic rings. The van der Waals surface area contributed by atoms with E-state index in [0.29, 0.717) is 6.04 Å². The number of nitrogens with one attached hydrogen (secondary N) is 2. The van der Waals surface area contributed by atoms with Crippen LogP contribution in [-0.4, -0.2) is 18.5 Å². The molecule has 1 aromatic rings. The van der Waals surface area contributed by atoms with Gasteiger partial charge >= 0.3 is 0 Å². The van der Waals surface area contributed by atoms with Gasteiger partial charge in [0.1, 0.15) is 0 Å². The van der Waals surface area contributed by atoms with Gasteiger partial charge in [-0.15, -0.1) is 11.3 Å². The Balaban J connectivity index is 1.83. The topological polar surface area (TPSA) is 36.4 Å². The third-order valence-electron chi connectivity index (χ3n) is 1.99. The lowest BCUT2D eigenvalue weighted by molar-refractivity contribution is 0.713. The molecule has 0 amide bonds. The van der Waals surface area contributed by atoms with Gasteiger partial charge in [0.05, 0.1) is 10.3 Å². The first-order valence-electron chi connectivity index (χ1n) is 4.52. The van der Waals surface area contributed by atoms with E-state index in [4.69, 9.17) is 0 Å². The highest BCUT2D eigenvalue weighted by molar-refractivity contribution is 9.11. The minimum Gasteiger partial charge on any atom is -0.352 e. The van der Waals surface area contributed by atoms with Gasteiger partial charge in [0, 0.05) is 12.6 Å². The summed E-state index contributed by atoms with van der Waals surface area (Å²) in [5.41, 5.74) is 1.28. The van der Waals surface area contributed by atoms with Crippen LogP contribution in [0.4, 0.5) is 0 Å². The van der Waals surface area contributed by atoms with E-state index in [1.807, 2.05) is 0 Å². The summed E-state index contributed by atoms with van der Waals surface area (Å²) in [6, 6.07) is 2.59. The molecule has 0 saturated carbocycles. The molecule has 1 unspecified atom stereocenters. The zero-order chi connectivity index (χ0) is 9.97. The van der Waals surface area contributed by atoms with Crippen molar-refractivity contribution in [3.8, 4) is 0 Å². The summed E-state index contributed by atoms with van der Waals surface area (Å²) in [4.78, 5) is 4.32. The van der Waals surface area contributed by atoms with Crippen LogP contribution in [0.15, 0.2) is 20.2 Å². The molecule has 0 radical (unpaired) electrons. The molecule has 1 aliphatic heterocycles. The molecule has 1 atom stereocenters. The van der Waals surface area contributed by atoms with Crippen molar-refractivity contribution in [2.45, 2.75) is 19.5 Å². The van der Waals surface area contributed by atoms with Gasteiger partial charge in [-0.3, -0.25) is 4.99 Å². The molecule has 0 saturated heterocycles. The third-order valence-corrected chi connectivity index (χ3v) is 3.54. The Morgan fingerprint density at radius 2 is 2.64 bits per heavy atom. The maximum Gasteiger partial charge on any atom is 0.191 e. The zero-order valence-corrected chi connectivity index (χ0v) is 10.3. The van der Waals surface area contributed by atoms with Crippen molar-refractivity contribution < 1.29 is 0 Å². The number of nitrogens with zero attached hydrogens (tertiary/aromatic N) is 1. The van der Waals surface area contributed by atoms with E-state index in [-0.39, 0.29) is 0 Å². The van der Waals surface area contributed by atoms with E-state index in [1.165, 1.54) is 9.35 Å². The van der Waals surface area contributed by atoms with Gasteiger partial charge in [-0.1, -0.05) is 0 Å². The predicted molar refractivity (Wildman–Crippen MR) is 63.8 cm³/mol. The monoisotopic (exact) mass is 273 g/mol. The Hall–Kier alpha value is -0.550. The molecule has 0 bridgehead atoms. The highest BCUT2D eigenvalue weighted by Gasteiger charge is 2.11. The van der Waals surface area contributed by atoms with E-state index in [0.717, 1.165) is 19.0 Å². The SMILES string of the molecule is CC1CN=C(NCc2csc(Br)c2)N1. The third kappa shape index (κ3) is 2.48. The molecule has 2 rings (SSSR count). The summed E-state index contributed by atoms with van der Waals surface area (Å²) in [5.74, 6) is 0.917. The van der Waals surface area contributed by atoms with E-state index in [1.54, 1.807) is 11.3 Å². The van der Waals surface area contributed by atoms with Crippen LogP contribution < -0.4 is 10.6 Å². The first kappa shape index (κ1) is 9.98. The number of halogens is 1. The van der Waals surface area contributed by atoms with Crippen LogP contribution in [0.5, 0.6) is 0 Å². The van der Waals surface area contributed by atoms with Gasteiger partial charge in [0.2, 0.25) is 0 Å². The summed E-state index contributed by atoms with van der Waals surface area (Å²) < 4.78 is 1.17. The molecule has 76 valence electrons. The number of hydrogen-bond acceptors (Lipinski definition) is 4. The summed E-state index contributed by atoms with van der Waals surface area (Å²) in [6.07, 6.45) is 0. The number of guanidine groups is 1. The lowest BCUT2D eigenvalue weighted by Crippen LogP contribution is -2.37. The van der Waals surface area contributed by atoms with Crippen molar-refractivity contribution in [1.29, 1.82) is 0 Å². The molecule has 0 aromatic carbocycles. The first-order valence-corrected chi connectivity index (χ1v) is 6.19. The molecule has 2 N–H and O–H groups in total. The van der Waals surface area contributed by atoms with Crippen molar-refractivity contribution in [1.82, 2.24) is 10.6 Å². The van der Waals surface area contributed by atoms with Crippen LogP contribution in [0, 0.1) is 0 Å². The maximum absolute atomic E-state index is 4.32. The highest BCUT2D eigenvalue weighted by atomic mass is 79.9. The summed E-state index contributed by atoms with van der Waals surface area (Å²) in [5, 5.41) is 8.66. The van der Waals surface area contributed by atoms with Gasteiger partial charge in [-0.05, 0) is 39.9 Å². The van der Waals surface area contributed by atoms with Crippen molar-refractivity contribution in [2.24, 2.45) is 4.99 Å². The second-order valence-electron chi connectivity index (χ2n) is 3.35. The van der Waals surface area contributed by atoms with Crippen LogP contribution in [0.3, 0.4) is 0 Å². The normalized spacial score (nSPS) is 20.4. The number of thiophene rings is 1. The first-order chi connectivity index (χ1) is 6.74. The quantitative estimate of drug-likeness (QED) is 0.864. The standard InChI is InChI=1S/C9H12BrN3S/c1-6-3-11-9(13-6)12-4-7-2-8(10)14-5-7/h2,5-6H,3-4H2,1H3,(H2,11,12,13). The molecule has 1 aromatic heterocycles. The lowest BCUT2D eigenvalue weighted by Gasteiger charge is -2.07. The maximum atomic E-state index is 4.32. The van der Waals surface area contributed by atoms with E-state index in [2.05, 4.69) is 49.9 Å².